The molecular formula is C16H24N6O4. The van der Waals surface area contributed by atoms with Crippen molar-refractivity contribution in [1.82, 2.24) is 19.1 Å². The molecule has 0 aromatic carbocycles. The molecule has 0 aliphatic heterocycles. The van der Waals surface area contributed by atoms with E-state index in [1.165, 1.54) is 0 Å². The van der Waals surface area contributed by atoms with Gasteiger partial charge >= 0.3 is 11.9 Å². The molecule has 4 N–H and O–H groups in total. The van der Waals surface area contributed by atoms with Crippen molar-refractivity contribution in [3.63, 3.8) is 0 Å². The number of ether oxygens (including phenoxy) is 2. The van der Waals surface area contributed by atoms with Crippen molar-refractivity contribution in [1.29, 1.82) is 0 Å². The Morgan fingerprint density at radius 2 is 1.31 bits per heavy atom. The summed E-state index contributed by atoms with van der Waals surface area (Å²) in [6, 6.07) is 0. The van der Waals surface area contributed by atoms with Crippen molar-refractivity contribution in [2.24, 2.45) is 11.5 Å². The number of hydrogen-bond donors (Lipinski definition) is 2. The Kier molecular flexibility index (Phi) is 6.87. The topological polar surface area (TPSA) is 140 Å². The molecule has 0 saturated heterocycles. The van der Waals surface area contributed by atoms with Crippen LogP contribution in [0.2, 0.25) is 0 Å². The Balaban J connectivity index is 1.77. The van der Waals surface area contributed by atoms with E-state index in [1.807, 2.05) is 23.0 Å². The summed E-state index contributed by atoms with van der Waals surface area (Å²) in [4.78, 5) is 31.8. The first-order valence-electron chi connectivity index (χ1n) is 8.35. The average molecular weight is 364 g/mol. The van der Waals surface area contributed by atoms with Gasteiger partial charge in [-0.2, -0.15) is 0 Å². The van der Waals surface area contributed by atoms with Crippen molar-refractivity contribution in [3.05, 3.63) is 36.4 Å². The molecule has 0 amide bonds. The van der Waals surface area contributed by atoms with Crippen LogP contribution in [-0.4, -0.2) is 43.5 Å². The predicted octanol–water partition coefficient (Wildman–Crippen LogP) is -0.439. The molecule has 10 heteroatoms. The van der Waals surface area contributed by atoms with Crippen LogP contribution in [0, 0.1) is 0 Å². The molecule has 2 atom stereocenters. The van der Waals surface area contributed by atoms with Gasteiger partial charge in [-0.05, 0) is 13.8 Å². The molecule has 0 bridgehead atoms. The maximum atomic E-state index is 11.8. The number of aromatic nitrogens is 4. The van der Waals surface area contributed by atoms with Crippen LogP contribution in [0.1, 0.15) is 25.2 Å². The zero-order valence-corrected chi connectivity index (χ0v) is 14.9. The summed E-state index contributed by atoms with van der Waals surface area (Å²) in [6.45, 7) is 5.47. The summed E-state index contributed by atoms with van der Waals surface area (Å²) < 4.78 is 13.5. The minimum atomic E-state index is -1.19. The zero-order chi connectivity index (χ0) is 19.1. The Labute approximate surface area is 151 Å². The summed E-state index contributed by atoms with van der Waals surface area (Å²) in [5, 5.41) is 0. The molecule has 0 radical (unpaired) electrons. The van der Waals surface area contributed by atoms with Gasteiger partial charge in [0.25, 0.3) is 0 Å². The van der Waals surface area contributed by atoms with Gasteiger partial charge < -0.3 is 18.6 Å². The Hall–Kier alpha value is -2.72. The van der Waals surface area contributed by atoms with Gasteiger partial charge in [0.15, 0.2) is 12.5 Å². The molecular weight excluding hydrogens is 340 g/mol. The molecule has 2 unspecified atom stereocenters. The van der Waals surface area contributed by atoms with E-state index >= 15 is 0 Å². The summed E-state index contributed by atoms with van der Waals surface area (Å²) in [5.41, 5.74) is 12.8. The summed E-state index contributed by atoms with van der Waals surface area (Å²) in [5.74, 6) is -2.39. The van der Waals surface area contributed by atoms with Crippen LogP contribution in [0.15, 0.2) is 25.0 Å². The number of aryl methyl sites for hydroxylation is 2. The van der Waals surface area contributed by atoms with E-state index in [4.69, 9.17) is 20.9 Å². The highest BCUT2D eigenvalue weighted by Crippen LogP contribution is 2.04. The van der Waals surface area contributed by atoms with Crippen molar-refractivity contribution in [3.8, 4) is 0 Å². The second-order valence-electron chi connectivity index (χ2n) is 5.69. The third-order valence-electron chi connectivity index (χ3n) is 3.61. The largest absolute Gasteiger partial charge is 0.438 e. The summed E-state index contributed by atoms with van der Waals surface area (Å²) >= 11 is 0. The number of carbonyl (C=O) groups excluding carboxylic acids is 2. The second kappa shape index (κ2) is 9.11. The van der Waals surface area contributed by atoms with Crippen LogP contribution in [0.3, 0.4) is 0 Å². The Morgan fingerprint density at radius 3 is 1.62 bits per heavy atom. The smallest absolute Gasteiger partial charge is 0.419 e. The summed E-state index contributed by atoms with van der Waals surface area (Å²) in [6.07, 6.45) is 5.24. The van der Waals surface area contributed by atoms with Crippen molar-refractivity contribution >= 4 is 11.9 Å². The molecule has 2 aromatic heterocycles. The van der Waals surface area contributed by atoms with Gasteiger partial charge in [0, 0.05) is 38.3 Å². The minimum Gasteiger partial charge on any atom is -0.438 e. The van der Waals surface area contributed by atoms with E-state index < -0.39 is 24.4 Å². The standard InChI is InChI=1S/C16H24N6O4/c1-3-21-7-11(19-9-21)5-13(17)25-15(23)16(24)26-14(18)6-12-8-22(4-2)10-20-12/h7-10,13-14H,3-6,17-18H2,1-2H3. The van der Waals surface area contributed by atoms with Crippen LogP contribution in [0.5, 0.6) is 0 Å². The zero-order valence-electron chi connectivity index (χ0n) is 14.9. The van der Waals surface area contributed by atoms with Gasteiger partial charge in [0.05, 0.1) is 24.0 Å². The third kappa shape index (κ3) is 5.67. The second-order valence-corrected chi connectivity index (χ2v) is 5.69. The van der Waals surface area contributed by atoms with Crippen LogP contribution in [-0.2, 0) is 45.0 Å². The van der Waals surface area contributed by atoms with Gasteiger partial charge in [0.1, 0.15) is 0 Å². The number of nitrogens with two attached hydrogens (primary N) is 2. The predicted molar refractivity (Wildman–Crippen MR) is 91.3 cm³/mol. The normalized spacial score (nSPS) is 13.2. The van der Waals surface area contributed by atoms with Crippen LogP contribution < -0.4 is 11.5 Å². The van der Waals surface area contributed by atoms with Crippen LogP contribution >= 0.6 is 0 Å². The van der Waals surface area contributed by atoms with Gasteiger partial charge in [-0.15, -0.1) is 0 Å². The highest BCUT2D eigenvalue weighted by Gasteiger charge is 2.24. The maximum absolute atomic E-state index is 11.8. The van der Waals surface area contributed by atoms with Crippen LogP contribution in [0.25, 0.3) is 0 Å². The highest BCUT2D eigenvalue weighted by atomic mass is 16.6. The van der Waals surface area contributed by atoms with Crippen molar-refractivity contribution < 1.29 is 19.1 Å². The molecule has 10 nitrogen and oxygen atoms in total. The number of nitrogens with zero attached hydrogens (tertiary/aromatic N) is 4. The van der Waals surface area contributed by atoms with E-state index in [0.717, 1.165) is 13.1 Å². The molecule has 2 rings (SSSR count). The summed E-state index contributed by atoms with van der Waals surface area (Å²) in [7, 11) is 0. The molecule has 0 saturated carbocycles. The first-order chi connectivity index (χ1) is 12.4. The quantitative estimate of drug-likeness (QED) is 0.365. The first kappa shape index (κ1) is 19.6. The Bertz CT molecular complexity index is 678. The van der Waals surface area contributed by atoms with Gasteiger partial charge in [-0.1, -0.05) is 0 Å². The van der Waals surface area contributed by atoms with E-state index in [9.17, 15) is 9.59 Å². The monoisotopic (exact) mass is 364 g/mol. The molecule has 2 heterocycles. The maximum Gasteiger partial charge on any atom is 0.419 e. The van der Waals surface area contributed by atoms with Gasteiger partial charge in [-0.25, -0.2) is 19.6 Å². The lowest BCUT2D eigenvalue weighted by Gasteiger charge is -2.14. The van der Waals surface area contributed by atoms with Crippen molar-refractivity contribution in [2.75, 3.05) is 0 Å². The SMILES string of the molecule is CCn1cnc(CC(N)OC(=O)C(=O)OC(N)Cc2cn(CC)cn2)c1. The lowest BCUT2D eigenvalue weighted by atomic mass is 10.3. The van der Waals surface area contributed by atoms with E-state index in [-0.39, 0.29) is 12.8 Å². The lowest BCUT2D eigenvalue weighted by Crippen LogP contribution is -2.37. The third-order valence-corrected chi connectivity index (χ3v) is 3.61. The van der Waals surface area contributed by atoms with E-state index in [1.54, 1.807) is 25.0 Å². The minimum absolute atomic E-state index is 0.187. The fourth-order valence-electron chi connectivity index (χ4n) is 2.24. The average Bonchev–Trinajstić information content (AvgIpc) is 3.23. The lowest BCUT2D eigenvalue weighted by molar-refractivity contribution is -0.173. The highest BCUT2D eigenvalue weighted by molar-refractivity contribution is 6.29. The number of imidazole rings is 2. The molecule has 26 heavy (non-hydrogen) atoms. The molecule has 2 aromatic rings. The fourth-order valence-corrected chi connectivity index (χ4v) is 2.24. The molecule has 0 spiro atoms. The van der Waals surface area contributed by atoms with E-state index in [0.29, 0.717) is 11.4 Å². The molecule has 0 aliphatic carbocycles. The van der Waals surface area contributed by atoms with Crippen molar-refractivity contribution in [2.45, 2.75) is 52.2 Å². The molecule has 0 aliphatic rings. The van der Waals surface area contributed by atoms with Gasteiger partial charge in [-0.3, -0.25) is 11.5 Å². The number of carbonyl (C=O) groups is 2. The number of esters is 2. The number of hydrogen-bond acceptors (Lipinski definition) is 8. The molecule has 142 valence electrons. The number of rotatable bonds is 8. The van der Waals surface area contributed by atoms with Gasteiger partial charge in [0.2, 0.25) is 0 Å². The Morgan fingerprint density at radius 1 is 0.923 bits per heavy atom. The fraction of sp³-hybridized carbons (Fsp3) is 0.500. The van der Waals surface area contributed by atoms with Crippen LogP contribution in [0.4, 0.5) is 0 Å². The molecule has 0 fully saturated rings. The first-order valence-corrected chi connectivity index (χ1v) is 8.35. The van der Waals surface area contributed by atoms with E-state index in [2.05, 4.69) is 9.97 Å².